The minimum Gasteiger partial charge on any atom is -0.385 e. The smallest absolute Gasteiger partial charge is 0.0926 e. The standard InChI is InChI=1S/C10H12O/c1-8-7-10(8,11)9-5-3-2-4-6-9/h2-6,8,11H,7H2,1H3. The molecule has 1 aliphatic rings. The molecule has 0 saturated heterocycles. The Morgan fingerprint density at radius 2 is 1.91 bits per heavy atom. The Balaban J connectivity index is 2.32. The fourth-order valence-corrected chi connectivity index (χ4v) is 1.54. The molecular formula is C10H12O. The Kier molecular flexibility index (Phi) is 1.30. The lowest BCUT2D eigenvalue weighted by Gasteiger charge is -2.07. The van der Waals surface area contributed by atoms with Crippen LogP contribution in [0.4, 0.5) is 0 Å². The van der Waals surface area contributed by atoms with E-state index in [0.717, 1.165) is 12.0 Å². The van der Waals surface area contributed by atoms with Gasteiger partial charge in [-0.3, -0.25) is 0 Å². The molecule has 0 spiro atoms. The molecule has 1 fully saturated rings. The van der Waals surface area contributed by atoms with E-state index >= 15 is 0 Å². The van der Waals surface area contributed by atoms with Gasteiger partial charge in [0.05, 0.1) is 5.60 Å². The van der Waals surface area contributed by atoms with Crippen LogP contribution in [0.1, 0.15) is 18.9 Å². The van der Waals surface area contributed by atoms with Crippen molar-refractivity contribution < 1.29 is 5.11 Å². The molecule has 58 valence electrons. The molecule has 1 N–H and O–H groups in total. The number of aliphatic hydroxyl groups is 1. The first kappa shape index (κ1) is 6.86. The maximum absolute atomic E-state index is 9.87. The summed E-state index contributed by atoms with van der Waals surface area (Å²) in [5.41, 5.74) is 0.564. The van der Waals surface area contributed by atoms with Crippen molar-refractivity contribution in [1.29, 1.82) is 0 Å². The van der Waals surface area contributed by atoms with E-state index in [1.165, 1.54) is 0 Å². The van der Waals surface area contributed by atoms with Gasteiger partial charge in [-0.25, -0.2) is 0 Å². The van der Waals surface area contributed by atoms with Crippen LogP contribution < -0.4 is 0 Å². The summed E-state index contributed by atoms with van der Waals surface area (Å²) in [6, 6.07) is 9.89. The number of rotatable bonds is 1. The molecule has 2 unspecified atom stereocenters. The fourth-order valence-electron chi connectivity index (χ4n) is 1.54. The molecule has 1 aliphatic carbocycles. The number of hydrogen-bond acceptors (Lipinski definition) is 1. The highest BCUT2D eigenvalue weighted by atomic mass is 16.3. The van der Waals surface area contributed by atoms with Crippen molar-refractivity contribution in [2.75, 3.05) is 0 Å². The normalized spacial score (nSPS) is 35.3. The van der Waals surface area contributed by atoms with E-state index < -0.39 is 5.60 Å². The van der Waals surface area contributed by atoms with Gasteiger partial charge in [0.25, 0.3) is 0 Å². The third kappa shape index (κ3) is 0.962. The summed E-state index contributed by atoms with van der Waals surface area (Å²) in [4.78, 5) is 0. The summed E-state index contributed by atoms with van der Waals surface area (Å²) in [5.74, 6) is 0.435. The summed E-state index contributed by atoms with van der Waals surface area (Å²) in [6.45, 7) is 2.08. The van der Waals surface area contributed by atoms with Gasteiger partial charge in [-0.05, 0) is 17.9 Å². The van der Waals surface area contributed by atoms with Crippen molar-refractivity contribution in [3.8, 4) is 0 Å². The van der Waals surface area contributed by atoms with E-state index in [-0.39, 0.29) is 0 Å². The minimum absolute atomic E-state index is 0.435. The van der Waals surface area contributed by atoms with Crippen LogP contribution in [0.3, 0.4) is 0 Å². The van der Waals surface area contributed by atoms with Crippen molar-refractivity contribution >= 4 is 0 Å². The molecule has 2 atom stereocenters. The summed E-state index contributed by atoms with van der Waals surface area (Å²) in [6.07, 6.45) is 0.914. The average molecular weight is 148 g/mol. The highest BCUT2D eigenvalue weighted by molar-refractivity contribution is 5.28. The molecule has 1 saturated carbocycles. The average Bonchev–Trinajstić information content (AvgIpc) is 2.64. The van der Waals surface area contributed by atoms with Gasteiger partial charge in [0.1, 0.15) is 0 Å². The number of benzene rings is 1. The Morgan fingerprint density at radius 3 is 2.36 bits per heavy atom. The van der Waals surface area contributed by atoms with Crippen LogP contribution in [-0.4, -0.2) is 5.11 Å². The van der Waals surface area contributed by atoms with Crippen molar-refractivity contribution in [2.24, 2.45) is 5.92 Å². The minimum atomic E-state index is -0.499. The Bertz CT molecular complexity index is 255. The summed E-state index contributed by atoms with van der Waals surface area (Å²) in [7, 11) is 0. The first-order valence-corrected chi connectivity index (χ1v) is 4.01. The Hall–Kier alpha value is -0.820. The highest BCUT2D eigenvalue weighted by Crippen LogP contribution is 2.51. The Labute approximate surface area is 66.7 Å². The van der Waals surface area contributed by atoms with Gasteiger partial charge >= 0.3 is 0 Å². The second-order valence-corrected chi connectivity index (χ2v) is 3.40. The first-order valence-electron chi connectivity index (χ1n) is 4.01. The first-order chi connectivity index (χ1) is 5.23. The summed E-state index contributed by atoms with van der Waals surface area (Å²) in [5, 5.41) is 9.87. The molecule has 0 aliphatic heterocycles. The lowest BCUT2D eigenvalue weighted by molar-refractivity contribution is 0.135. The Morgan fingerprint density at radius 1 is 1.36 bits per heavy atom. The maximum Gasteiger partial charge on any atom is 0.0926 e. The van der Waals surface area contributed by atoms with Crippen LogP contribution in [-0.2, 0) is 5.60 Å². The fraction of sp³-hybridized carbons (Fsp3) is 0.400. The predicted molar refractivity (Wildman–Crippen MR) is 44.1 cm³/mol. The van der Waals surface area contributed by atoms with Gasteiger partial charge < -0.3 is 5.11 Å². The van der Waals surface area contributed by atoms with Gasteiger partial charge in [-0.2, -0.15) is 0 Å². The van der Waals surface area contributed by atoms with E-state index in [0.29, 0.717) is 5.92 Å². The topological polar surface area (TPSA) is 20.2 Å². The lowest BCUT2D eigenvalue weighted by atomic mass is 10.1. The SMILES string of the molecule is CC1CC1(O)c1ccccc1. The number of hydrogen-bond donors (Lipinski definition) is 1. The van der Waals surface area contributed by atoms with Crippen molar-refractivity contribution in [1.82, 2.24) is 0 Å². The molecule has 0 amide bonds. The van der Waals surface area contributed by atoms with Crippen LogP contribution in [0.5, 0.6) is 0 Å². The molecule has 1 aromatic carbocycles. The highest BCUT2D eigenvalue weighted by Gasteiger charge is 2.50. The molecule has 0 bridgehead atoms. The van der Waals surface area contributed by atoms with Gasteiger partial charge in [0.15, 0.2) is 0 Å². The molecule has 0 aromatic heterocycles. The second-order valence-electron chi connectivity index (χ2n) is 3.40. The second kappa shape index (κ2) is 2.08. The van der Waals surface area contributed by atoms with E-state index in [1.807, 2.05) is 30.3 Å². The van der Waals surface area contributed by atoms with E-state index in [9.17, 15) is 5.11 Å². The summed E-state index contributed by atoms with van der Waals surface area (Å²) >= 11 is 0. The van der Waals surface area contributed by atoms with Crippen LogP contribution in [0, 0.1) is 5.92 Å². The molecule has 1 heteroatoms. The summed E-state index contributed by atoms with van der Waals surface area (Å²) < 4.78 is 0. The largest absolute Gasteiger partial charge is 0.385 e. The van der Waals surface area contributed by atoms with Gasteiger partial charge in [-0.15, -0.1) is 0 Å². The van der Waals surface area contributed by atoms with Crippen LogP contribution in [0.2, 0.25) is 0 Å². The lowest BCUT2D eigenvalue weighted by Crippen LogP contribution is -2.06. The maximum atomic E-state index is 9.87. The monoisotopic (exact) mass is 148 g/mol. The zero-order valence-electron chi connectivity index (χ0n) is 6.62. The van der Waals surface area contributed by atoms with Crippen molar-refractivity contribution in [2.45, 2.75) is 18.9 Å². The van der Waals surface area contributed by atoms with Gasteiger partial charge in [0, 0.05) is 0 Å². The van der Waals surface area contributed by atoms with Crippen LogP contribution >= 0.6 is 0 Å². The molecule has 2 rings (SSSR count). The molecule has 1 aromatic rings. The molecule has 11 heavy (non-hydrogen) atoms. The van der Waals surface area contributed by atoms with Gasteiger partial charge in [0.2, 0.25) is 0 Å². The van der Waals surface area contributed by atoms with E-state index in [1.54, 1.807) is 0 Å². The zero-order valence-corrected chi connectivity index (χ0v) is 6.62. The van der Waals surface area contributed by atoms with Gasteiger partial charge in [-0.1, -0.05) is 37.3 Å². The molecule has 0 heterocycles. The zero-order chi connectivity index (χ0) is 7.90. The third-order valence-corrected chi connectivity index (χ3v) is 2.55. The van der Waals surface area contributed by atoms with E-state index in [2.05, 4.69) is 6.92 Å². The molecule has 1 nitrogen and oxygen atoms in total. The third-order valence-electron chi connectivity index (χ3n) is 2.55. The van der Waals surface area contributed by atoms with Crippen LogP contribution in [0.15, 0.2) is 30.3 Å². The molecular weight excluding hydrogens is 136 g/mol. The van der Waals surface area contributed by atoms with Crippen molar-refractivity contribution in [3.05, 3.63) is 35.9 Å². The van der Waals surface area contributed by atoms with Crippen molar-refractivity contribution in [3.63, 3.8) is 0 Å². The van der Waals surface area contributed by atoms with E-state index in [4.69, 9.17) is 0 Å². The predicted octanol–water partition coefficient (Wildman–Crippen LogP) is 1.91. The quantitative estimate of drug-likeness (QED) is 0.645. The molecule has 0 radical (unpaired) electrons. The van der Waals surface area contributed by atoms with Crippen LogP contribution in [0.25, 0.3) is 0 Å².